The molecule has 1 aliphatic heterocycles. The van der Waals surface area contributed by atoms with Gasteiger partial charge in [0.2, 0.25) is 5.95 Å². The van der Waals surface area contributed by atoms with Gasteiger partial charge < -0.3 is 19.1 Å². The van der Waals surface area contributed by atoms with Crippen LogP contribution >= 0.6 is 0 Å². The van der Waals surface area contributed by atoms with Crippen LogP contribution in [0.3, 0.4) is 0 Å². The van der Waals surface area contributed by atoms with E-state index in [4.69, 9.17) is 9.72 Å². The van der Waals surface area contributed by atoms with Crippen molar-refractivity contribution in [2.45, 2.75) is 85.9 Å². The van der Waals surface area contributed by atoms with Crippen LogP contribution in [-0.4, -0.2) is 62.9 Å². The lowest BCUT2D eigenvalue weighted by Crippen LogP contribution is -2.41. The largest absolute Gasteiger partial charge is 0.492 e. The van der Waals surface area contributed by atoms with Crippen molar-refractivity contribution in [2.75, 3.05) is 44.2 Å². The number of imidazole rings is 1. The molecule has 1 aliphatic rings. The standard InChI is InChI=1S/C30H46N6O3/c1-5-9-18-35-27-26(28(37)36(30(35)38)19-10-6-2)34-20-11-17-33(29(34)31-27)21-16-24-12-14-25(15-13-24)39-23-22-32(7-3)8-4/h12-15H,5-11,16-23H2,1-4H3. The van der Waals surface area contributed by atoms with Crippen molar-refractivity contribution < 1.29 is 4.74 Å². The van der Waals surface area contributed by atoms with Crippen molar-refractivity contribution in [3.05, 3.63) is 50.7 Å². The highest BCUT2D eigenvalue weighted by Gasteiger charge is 2.26. The molecule has 0 amide bonds. The van der Waals surface area contributed by atoms with Crippen LogP contribution in [0, 0.1) is 0 Å². The first kappa shape index (κ1) is 28.9. The van der Waals surface area contributed by atoms with E-state index in [2.05, 4.69) is 54.2 Å². The van der Waals surface area contributed by atoms with E-state index in [1.54, 1.807) is 4.57 Å². The summed E-state index contributed by atoms with van der Waals surface area (Å²) in [5.41, 5.74) is 1.93. The Labute approximate surface area is 232 Å². The van der Waals surface area contributed by atoms with Crippen molar-refractivity contribution in [3.63, 3.8) is 0 Å². The zero-order chi connectivity index (χ0) is 27.8. The SMILES string of the molecule is CCCCn1c(=O)c2c(nc3n2CCCN3CCc2ccc(OCCN(CC)CC)cc2)n(CCCC)c1=O. The van der Waals surface area contributed by atoms with E-state index >= 15 is 0 Å². The minimum Gasteiger partial charge on any atom is -0.492 e. The predicted molar refractivity (Wildman–Crippen MR) is 158 cm³/mol. The molecule has 2 aromatic heterocycles. The van der Waals surface area contributed by atoms with Crippen molar-refractivity contribution in [1.29, 1.82) is 0 Å². The van der Waals surface area contributed by atoms with Gasteiger partial charge >= 0.3 is 5.69 Å². The molecule has 1 aromatic carbocycles. The van der Waals surface area contributed by atoms with Gasteiger partial charge in [0.25, 0.3) is 5.56 Å². The van der Waals surface area contributed by atoms with Crippen molar-refractivity contribution in [2.24, 2.45) is 0 Å². The van der Waals surface area contributed by atoms with E-state index in [0.29, 0.717) is 30.9 Å². The second-order valence-corrected chi connectivity index (χ2v) is 10.4. The van der Waals surface area contributed by atoms with Crippen LogP contribution < -0.4 is 20.9 Å². The summed E-state index contributed by atoms with van der Waals surface area (Å²) < 4.78 is 11.2. The van der Waals surface area contributed by atoms with E-state index < -0.39 is 0 Å². The van der Waals surface area contributed by atoms with Crippen LogP contribution in [0.25, 0.3) is 11.2 Å². The monoisotopic (exact) mass is 538 g/mol. The fourth-order valence-corrected chi connectivity index (χ4v) is 5.34. The number of rotatable bonds is 15. The van der Waals surface area contributed by atoms with E-state index in [0.717, 1.165) is 89.5 Å². The van der Waals surface area contributed by atoms with Gasteiger partial charge in [-0.3, -0.25) is 13.9 Å². The van der Waals surface area contributed by atoms with Gasteiger partial charge in [0.05, 0.1) is 0 Å². The lowest BCUT2D eigenvalue weighted by Gasteiger charge is -2.29. The summed E-state index contributed by atoms with van der Waals surface area (Å²) in [6, 6.07) is 8.37. The molecule has 0 bridgehead atoms. The maximum Gasteiger partial charge on any atom is 0.332 e. The summed E-state index contributed by atoms with van der Waals surface area (Å²) in [5.74, 6) is 1.71. The van der Waals surface area contributed by atoms with Crippen molar-refractivity contribution in [1.82, 2.24) is 23.6 Å². The zero-order valence-corrected chi connectivity index (χ0v) is 24.3. The Bertz CT molecular complexity index is 1320. The number of aromatic nitrogens is 4. The highest BCUT2D eigenvalue weighted by Crippen LogP contribution is 2.25. The number of anilines is 1. The first-order valence-corrected chi connectivity index (χ1v) is 14.9. The van der Waals surface area contributed by atoms with Gasteiger partial charge in [-0.25, -0.2) is 4.79 Å². The topological polar surface area (TPSA) is 77.5 Å². The van der Waals surface area contributed by atoms with Gasteiger partial charge in [-0.15, -0.1) is 0 Å². The third kappa shape index (κ3) is 6.57. The number of hydrogen-bond donors (Lipinski definition) is 0. The smallest absolute Gasteiger partial charge is 0.332 e. The van der Waals surface area contributed by atoms with Crippen molar-refractivity contribution >= 4 is 17.1 Å². The Kier molecular flexibility index (Phi) is 10.3. The fourth-order valence-electron chi connectivity index (χ4n) is 5.34. The number of nitrogens with zero attached hydrogens (tertiary/aromatic N) is 6. The summed E-state index contributed by atoms with van der Waals surface area (Å²) in [7, 11) is 0. The molecule has 214 valence electrons. The highest BCUT2D eigenvalue weighted by molar-refractivity contribution is 5.75. The predicted octanol–water partition coefficient (Wildman–Crippen LogP) is 4.13. The van der Waals surface area contributed by atoms with Crippen LogP contribution in [0.5, 0.6) is 5.75 Å². The minimum absolute atomic E-state index is 0.201. The molecule has 0 unspecified atom stereocenters. The number of fused-ring (bicyclic) bond motifs is 3. The molecule has 0 saturated heterocycles. The van der Waals surface area contributed by atoms with Gasteiger partial charge in [0, 0.05) is 39.3 Å². The van der Waals surface area contributed by atoms with Crippen LogP contribution in [0.15, 0.2) is 33.9 Å². The number of ether oxygens (including phenoxy) is 1. The molecule has 0 spiro atoms. The third-order valence-corrected chi connectivity index (χ3v) is 7.82. The molecule has 0 fully saturated rings. The van der Waals surface area contributed by atoms with Gasteiger partial charge in [-0.05, 0) is 56.5 Å². The van der Waals surface area contributed by atoms with Gasteiger partial charge in [-0.2, -0.15) is 4.98 Å². The molecule has 0 atom stereocenters. The minimum atomic E-state index is -0.226. The number of benzene rings is 1. The Hall–Kier alpha value is -3.07. The molecular formula is C30H46N6O3. The summed E-state index contributed by atoms with van der Waals surface area (Å²) in [5, 5.41) is 0. The average molecular weight is 539 g/mol. The number of likely N-dealkylation sites (N-methyl/N-ethyl adjacent to an activating group) is 1. The van der Waals surface area contributed by atoms with E-state index in [1.807, 2.05) is 12.1 Å². The summed E-state index contributed by atoms with van der Waals surface area (Å²) in [6.45, 7) is 15.7. The second-order valence-electron chi connectivity index (χ2n) is 10.4. The average Bonchev–Trinajstić information content (AvgIpc) is 3.35. The molecule has 0 aliphatic carbocycles. The molecule has 0 radical (unpaired) electrons. The zero-order valence-electron chi connectivity index (χ0n) is 24.3. The molecule has 0 N–H and O–H groups in total. The Balaban J connectivity index is 1.52. The lowest BCUT2D eigenvalue weighted by molar-refractivity contribution is 0.223. The highest BCUT2D eigenvalue weighted by atomic mass is 16.5. The number of hydrogen-bond acceptors (Lipinski definition) is 6. The Morgan fingerprint density at radius 1 is 0.897 bits per heavy atom. The molecule has 3 aromatic rings. The normalized spacial score (nSPS) is 13.4. The van der Waals surface area contributed by atoms with E-state index in [1.165, 1.54) is 10.1 Å². The Morgan fingerprint density at radius 2 is 1.59 bits per heavy atom. The van der Waals surface area contributed by atoms with Gasteiger partial charge in [0.15, 0.2) is 11.2 Å². The van der Waals surface area contributed by atoms with Crippen LogP contribution in [-0.2, 0) is 26.1 Å². The van der Waals surface area contributed by atoms with Gasteiger partial charge in [-0.1, -0.05) is 52.7 Å². The third-order valence-electron chi connectivity index (χ3n) is 7.82. The molecule has 3 heterocycles. The number of unbranched alkanes of at least 4 members (excludes halogenated alkanes) is 2. The fraction of sp³-hybridized carbons (Fsp3) is 0.633. The molecule has 9 nitrogen and oxygen atoms in total. The van der Waals surface area contributed by atoms with Crippen LogP contribution in [0.2, 0.25) is 0 Å². The summed E-state index contributed by atoms with van der Waals surface area (Å²) in [6.07, 6.45) is 5.40. The van der Waals surface area contributed by atoms with E-state index in [9.17, 15) is 9.59 Å². The molecule has 9 heteroatoms. The first-order chi connectivity index (χ1) is 19.0. The van der Waals surface area contributed by atoms with Crippen LogP contribution in [0.4, 0.5) is 5.95 Å². The summed E-state index contributed by atoms with van der Waals surface area (Å²) >= 11 is 0. The quantitative estimate of drug-likeness (QED) is 0.290. The van der Waals surface area contributed by atoms with Gasteiger partial charge in [0.1, 0.15) is 12.4 Å². The van der Waals surface area contributed by atoms with Crippen LogP contribution in [0.1, 0.15) is 65.4 Å². The Morgan fingerprint density at radius 3 is 2.26 bits per heavy atom. The van der Waals surface area contributed by atoms with E-state index in [-0.39, 0.29) is 11.2 Å². The maximum absolute atomic E-state index is 13.5. The second kappa shape index (κ2) is 13.8. The first-order valence-electron chi connectivity index (χ1n) is 14.9. The van der Waals surface area contributed by atoms with Crippen molar-refractivity contribution in [3.8, 4) is 5.75 Å². The maximum atomic E-state index is 13.5. The lowest BCUT2D eigenvalue weighted by atomic mass is 10.1. The molecular weight excluding hydrogens is 492 g/mol. The molecule has 0 saturated carbocycles. The molecule has 39 heavy (non-hydrogen) atoms. The summed E-state index contributed by atoms with van der Waals surface area (Å²) in [4.78, 5) is 36.4. The number of aryl methyl sites for hydroxylation is 2. The molecule has 4 rings (SSSR count).